The van der Waals surface area contributed by atoms with E-state index in [0.29, 0.717) is 24.2 Å². The van der Waals surface area contributed by atoms with Crippen molar-refractivity contribution in [2.45, 2.75) is 50.7 Å². The number of nitrogens with zero attached hydrogens (tertiary/aromatic N) is 2. The fourth-order valence-corrected chi connectivity index (χ4v) is 4.46. The van der Waals surface area contributed by atoms with Crippen LogP contribution in [0.4, 0.5) is 5.69 Å². The molecule has 2 aromatic rings. The number of primary amides is 1. The number of piperidine rings is 1. The summed E-state index contributed by atoms with van der Waals surface area (Å²) < 4.78 is 0. The number of amides is 1. The van der Waals surface area contributed by atoms with Crippen LogP contribution < -0.4 is 11.1 Å². The molecule has 7 nitrogen and oxygen atoms in total. The molecule has 4 rings (SSSR count). The number of Topliss-reactive ketones (excluding diaryl/α,β-unsaturated/α-hetero) is 1. The molecule has 7 heteroatoms. The lowest BCUT2D eigenvalue weighted by Gasteiger charge is -2.39. The predicted octanol–water partition coefficient (Wildman–Crippen LogP) is 1.66. The van der Waals surface area contributed by atoms with E-state index in [9.17, 15) is 9.59 Å². The van der Waals surface area contributed by atoms with Crippen molar-refractivity contribution in [3.05, 3.63) is 24.0 Å². The Hall–Kier alpha value is -2.41. The van der Waals surface area contributed by atoms with Crippen molar-refractivity contribution in [2.75, 3.05) is 11.9 Å². The molecule has 0 aliphatic carbocycles. The molecule has 2 aliphatic rings. The quantitative estimate of drug-likeness (QED) is 0.767. The molecule has 0 spiro atoms. The number of carbonyl (C=O) groups is 2. The van der Waals surface area contributed by atoms with Crippen molar-refractivity contribution in [3.8, 4) is 0 Å². The fourth-order valence-electron chi connectivity index (χ4n) is 4.46. The van der Waals surface area contributed by atoms with Gasteiger partial charge in [-0.3, -0.25) is 14.5 Å². The van der Waals surface area contributed by atoms with Gasteiger partial charge in [0.1, 0.15) is 11.4 Å². The fraction of sp³-hybridized carbons (Fsp3) is 0.500. The number of hydrogen-bond donors (Lipinski definition) is 3. The summed E-state index contributed by atoms with van der Waals surface area (Å²) in [5.74, 6) is -0.252. The monoisotopic (exact) mass is 341 g/mol. The highest BCUT2D eigenvalue weighted by molar-refractivity contribution is 6.05. The van der Waals surface area contributed by atoms with E-state index in [1.807, 2.05) is 12.3 Å². The van der Waals surface area contributed by atoms with Gasteiger partial charge in [0.25, 0.3) is 5.91 Å². The van der Waals surface area contributed by atoms with Gasteiger partial charge in [0.05, 0.1) is 17.8 Å². The molecule has 0 unspecified atom stereocenters. The maximum Gasteiger partial charge on any atom is 0.252 e. The number of nitrogens with two attached hydrogens (primary N) is 1. The Kier molecular flexibility index (Phi) is 3.95. The van der Waals surface area contributed by atoms with Crippen molar-refractivity contribution in [1.82, 2.24) is 14.9 Å². The summed E-state index contributed by atoms with van der Waals surface area (Å²) in [6.45, 7) is 2.20. The van der Waals surface area contributed by atoms with Crippen LogP contribution in [0.1, 0.15) is 43.0 Å². The van der Waals surface area contributed by atoms with Gasteiger partial charge in [-0.05, 0) is 38.7 Å². The third-order valence-corrected chi connectivity index (χ3v) is 5.49. The molecule has 2 fully saturated rings. The zero-order chi connectivity index (χ0) is 17.6. The zero-order valence-electron chi connectivity index (χ0n) is 14.3. The van der Waals surface area contributed by atoms with Crippen LogP contribution in [0.3, 0.4) is 0 Å². The first-order chi connectivity index (χ1) is 12.0. The minimum Gasteiger partial charge on any atom is -0.381 e. The van der Waals surface area contributed by atoms with Crippen LogP contribution in [0.15, 0.2) is 18.5 Å². The summed E-state index contributed by atoms with van der Waals surface area (Å²) in [6.07, 6.45) is 7.55. The Morgan fingerprint density at radius 2 is 2.08 bits per heavy atom. The number of hydrogen-bond acceptors (Lipinski definition) is 5. The first-order valence-electron chi connectivity index (χ1n) is 8.80. The third kappa shape index (κ3) is 2.89. The first-order valence-corrected chi connectivity index (χ1v) is 8.80. The van der Waals surface area contributed by atoms with Gasteiger partial charge in [-0.15, -0.1) is 0 Å². The molecular weight excluding hydrogens is 318 g/mol. The second-order valence-electron chi connectivity index (χ2n) is 7.22. The normalized spacial score (nSPS) is 26.0. The van der Waals surface area contributed by atoms with Crippen LogP contribution in [0.25, 0.3) is 11.0 Å². The maximum absolute atomic E-state index is 11.8. The van der Waals surface area contributed by atoms with Crippen molar-refractivity contribution < 1.29 is 9.59 Å². The summed E-state index contributed by atoms with van der Waals surface area (Å²) >= 11 is 0. The Morgan fingerprint density at radius 1 is 1.36 bits per heavy atom. The van der Waals surface area contributed by atoms with Gasteiger partial charge in [0.15, 0.2) is 0 Å². The molecule has 132 valence electrons. The van der Waals surface area contributed by atoms with E-state index in [0.717, 1.165) is 42.4 Å². The maximum atomic E-state index is 11.8. The van der Waals surface area contributed by atoms with Crippen molar-refractivity contribution in [1.29, 1.82) is 0 Å². The standard InChI is InChI=1S/C18H23N5O2/c1-10(24)9-23-12-2-3-13(23)7-11(6-12)22-16-14-4-5-20-18(14)21-8-15(16)17(19)25/h4-5,8,11-13H,2-3,6-7,9H2,1H3,(H2,19,25)(H2,20,21,22)/t12-,13-/m0/s1. The number of nitrogens with one attached hydrogen (secondary N) is 2. The van der Waals surface area contributed by atoms with Crippen LogP contribution in [0.5, 0.6) is 0 Å². The number of aromatic amines is 1. The number of H-pyrrole nitrogens is 1. The molecule has 4 N–H and O–H groups in total. The topological polar surface area (TPSA) is 104 Å². The lowest BCUT2D eigenvalue weighted by molar-refractivity contribution is -0.119. The summed E-state index contributed by atoms with van der Waals surface area (Å²) in [4.78, 5) is 33.0. The molecule has 0 aromatic carbocycles. The lowest BCUT2D eigenvalue weighted by atomic mass is 9.96. The molecule has 0 radical (unpaired) electrons. The minimum absolute atomic E-state index is 0.225. The molecule has 25 heavy (non-hydrogen) atoms. The molecule has 2 saturated heterocycles. The SMILES string of the molecule is CC(=O)CN1[C@H]2CC[C@H]1CC(Nc1c(C(N)=O)cnc3[nH]ccc13)C2. The van der Waals surface area contributed by atoms with Crippen molar-refractivity contribution in [3.63, 3.8) is 0 Å². The van der Waals surface area contributed by atoms with Crippen LogP contribution in [0.2, 0.25) is 0 Å². The van der Waals surface area contributed by atoms with Crippen LogP contribution in [-0.2, 0) is 4.79 Å². The number of pyridine rings is 1. The second kappa shape index (κ2) is 6.15. The highest BCUT2D eigenvalue weighted by Crippen LogP contribution is 2.37. The van der Waals surface area contributed by atoms with E-state index in [1.165, 1.54) is 6.20 Å². The van der Waals surface area contributed by atoms with Gasteiger partial charge < -0.3 is 16.0 Å². The molecule has 2 aliphatic heterocycles. The van der Waals surface area contributed by atoms with Gasteiger partial charge in [-0.2, -0.15) is 0 Å². The number of rotatable bonds is 5. The number of ketones is 1. The van der Waals surface area contributed by atoms with Crippen molar-refractivity contribution >= 4 is 28.4 Å². The van der Waals surface area contributed by atoms with E-state index in [1.54, 1.807) is 6.92 Å². The zero-order valence-corrected chi connectivity index (χ0v) is 14.3. The summed E-state index contributed by atoms with van der Waals surface area (Å²) in [6, 6.07) is 3.04. The highest BCUT2D eigenvalue weighted by Gasteiger charge is 2.41. The predicted molar refractivity (Wildman–Crippen MR) is 95.5 cm³/mol. The van der Waals surface area contributed by atoms with Gasteiger partial charge >= 0.3 is 0 Å². The number of carbonyl (C=O) groups excluding carboxylic acids is 2. The largest absolute Gasteiger partial charge is 0.381 e. The van der Waals surface area contributed by atoms with E-state index >= 15 is 0 Å². The summed E-state index contributed by atoms with van der Waals surface area (Å²) in [5, 5.41) is 4.45. The van der Waals surface area contributed by atoms with Crippen LogP contribution >= 0.6 is 0 Å². The number of fused-ring (bicyclic) bond motifs is 3. The molecule has 4 heterocycles. The van der Waals surface area contributed by atoms with Crippen LogP contribution in [0, 0.1) is 0 Å². The lowest BCUT2D eigenvalue weighted by Crippen LogP contribution is -2.48. The number of anilines is 1. The van der Waals surface area contributed by atoms with Gasteiger partial charge in [-0.25, -0.2) is 4.98 Å². The summed E-state index contributed by atoms with van der Waals surface area (Å²) in [5.41, 5.74) is 7.48. The molecule has 0 saturated carbocycles. The van der Waals surface area contributed by atoms with Crippen molar-refractivity contribution in [2.24, 2.45) is 5.73 Å². The first kappa shape index (κ1) is 16.1. The van der Waals surface area contributed by atoms with Gasteiger partial charge in [-0.1, -0.05) is 0 Å². The van der Waals surface area contributed by atoms with E-state index in [4.69, 9.17) is 5.73 Å². The molecule has 2 aromatic heterocycles. The average molecular weight is 341 g/mol. The second-order valence-corrected chi connectivity index (χ2v) is 7.22. The smallest absolute Gasteiger partial charge is 0.252 e. The van der Waals surface area contributed by atoms with E-state index < -0.39 is 5.91 Å². The number of aromatic nitrogens is 2. The minimum atomic E-state index is -0.477. The molecule has 2 bridgehead atoms. The van der Waals surface area contributed by atoms with Gasteiger partial charge in [0.2, 0.25) is 0 Å². The Balaban J connectivity index is 1.59. The van der Waals surface area contributed by atoms with Gasteiger partial charge in [0, 0.05) is 35.9 Å². The highest BCUT2D eigenvalue weighted by atomic mass is 16.1. The Morgan fingerprint density at radius 3 is 2.72 bits per heavy atom. The molecule has 1 amide bonds. The summed E-state index contributed by atoms with van der Waals surface area (Å²) in [7, 11) is 0. The third-order valence-electron chi connectivity index (χ3n) is 5.49. The average Bonchev–Trinajstić information content (AvgIpc) is 3.10. The Labute approximate surface area is 146 Å². The van der Waals surface area contributed by atoms with E-state index in [-0.39, 0.29) is 11.8 Å². The van der Waals surface area contributed by atoms with Crippen LogP contribution in [-0.4, -0.2) is 51.2 Å². The molecule has 2 atom stereocenters. The molecular formula is C18H23N5O2. The van der Waals surface area contributed by atoms with E-state index in [2.05, 4.69) is 20.2 Å². The Bertz CT molecular complexity index is 816.